The van der Waals surface area contributed by atoms with Gasteiger partial charge in [-0.25, -0.2) is 0 Å². The van der Waals surface area contributed by atoms with Gasteiger partial charge >= 0.3 is 0 Å². The number of methoxy groups -OCH3 is 1. The van der Waals surface area contributed by atoms with Crippen LogP contribution in [0.25, 0.3) is 5.57 Å². The van der Waals surface area contributed by atoms with Gasteiger partial charge in [0.05, 0.1) is 13.7 Å². The van der Waals surface area contributed by atoms with Crippen molar-refractivity contribution in [2.45, 2.75) is 39.8 Å². The molecule has 0 spiro atoms. The number of anilines is 1. The molecule has 0 radical (unpaired) electrons. The number of thiol groups is 1. The summed E-state index contributed by atoms with van der Waals surface area (Å²) in [5.41, 5.74) is 3.11. The summed E-state index contributed by atoms with van der Waals surface area (Å²) in [6.45, 7) is 6.43. The van der Waals surface area contributed by atoms with Gasteiger partial charge in [-0.15, -0.1) is 0 Å². The fourth-order valence-electron chi connectivity index (χ4n) is 3.67. The van der Waals surface area contributed by atoms with Crippen molar-refractivity contribution in [1.29, 1.82) is 0 Å². The SMILES string of the molecule is CNc1ccccc1/C(=C/S)C(C(=O)NCCC(C)C)N(Cc1ccccc1OC)C(C)=O. The van der Waals surface area contributed by atoms with Gasteiger partial charge in [0, 0.05) is 37.3 Å². The van der Waals surface area contributed by atoms with Crippen LogP contribution < -0.4 is 15.4 Å². The van der Waals surface area contributed by atoms with Gasteiger partial charge in [-0.2, -0.15) is 12.6 Å². The van der Waals surface area contributed by atoms with E-state index >= 15 is 0 Å². The number of carbonyl (C=O) groups is 2. The molecule has 0 aromatic heterocycles. The van der Waals surface area contributed by atoms with E-state index in [-0.39, 0.29) is 18.4 Å². The van der Waals surface area contributed by atoms with Gasteiger partial charge in [-0.05, 0) is 35.5 Å². The van der Waals surface area contributed by atoms with Gasteiger partial charge in [0.1, 0.15) is 11.8 Å². The fraction of sp³-hybridized carbons (Fsp3) is 0.385. The molecule has 0 aliphatic rings. The number of nitrogens with one attached hydrogen (secondary N) is 2. The lowest BCUT2D eigenvalue weighted by Crippen LogP contribution is -2.49. The molecule has 1 atom stereocenters. The van der Waals surface area contributed by atoms with Crippen LogP contribution in [0.3, 0.4) is 0 Å². The van der Waals surface area contributed by atoms with Crippen molar-refractivity contribution >= 4 is 35.7 Å². The molecule has 6 nitrogen and oxygen atoms in total. The smallest absolute Gasteiger partial charge is 0.247 e. The number of hydrogen-bond acceptors (Lipinski definition) is 5. The Balaban J connectivity index is 2.55. The third kappa shape index (κ3) is 7.02. The van der Waals surface area contributed by atoms with E-state index < -0.39 is 6.04 Å². The van der Waals surface area contributed by atoms with E-state index in [1.807, 2.05) is 55.6 Å². The van der Waals surface area contributed by atoms with Crippen LogP contribution >= 0.6 is 12.6 Å². The Hall–Kier alpha value is -2.93. The summed E-state index contributed by atoms with van der Waals surface area (Å²) in [5, 5.41) is 7.81. The third-order valence-corrected chi connectivity index (χ3v) is 5.74. The molecular weight excluding hydrogens is 434 g/mol. The zero-order chi connectivity index (χ0) is 24.4. The van der Waals surface area contributed by atoms with Crippen molar-refractivity contribution in [3.63, 3.8) is 0 Å². The predicted molar refractivity (Wildman–Crippen MR) is 138 cm³/mol. The number of rotatable bonds is 11. The molecule has 0 fully saturated rings. The van der Waals surface area contributed by atoms with Crippen LogP contribution in [0, 0.1) is 5.92 Å². The molecule has 2 N–H and O–H groups in total. The average Bonchev–Trinajstić information content (AvgIpc) is 2.81. The number of para-hydroxylation sites is 2. The first-order chi connectivity index (χ1) is 15.8. The van der Waals surface area contributed by atoms with E-state index in [0.29, 0.717) is 23.8 Å². The van der Waals surface area contributed by atoms with Crippen LogP contribution in [0.15, 0.2) is 53.9 Å². The van der Waals surface area contributed by atoms with Crippen molar-refractivity contribution in [2.75, 3.05) is 26.0 Å². The van der Waals surface area contributed by atoms with Gasteiger partial charge in [-0.3, -0.25) is 9.59 Å². The summed E-state index contributed by atoms with van der Waals surface area (Å²) in [6.07, 6.45) is 0.845. The zero-order valence-corrected chi connectivity index (χ0v) is 21.0. The number of nitrogens with zero attached hydrogens (tertiary/aromatic N) is 1. The molecule has 1 unspecified atom stereocenters. The van der Waals surface area contributed by atoms with Crippen LogP contribution in [0.1, 0.15) is 38.3 Å². The highest BCUT2D eigenvalue weighted by molar-refractivity contribution is 7.83. The fourth-order valence-corrected chi connectivity index (χ4v) is 3.95. The van der Waals surface area contributed by atoms with Crippen molar-refractivity contribution in [3.8, 4) is 5.75 Å². The van der Waals surface area contributed by atoms with E-state index in [1.165, 1.54) is 6.92 Å². The standard InChI is InChI=1S/C26H35N3O3S/c1-18(2)14-15-28-26(31)25(22(17-33)21-11-7-8-12-23(21)27-4)29(19(3)30)16-20-10-6-9-13-24(20)32-5/h6-13,17-18,25,27,33H,14-16H2,1-5H3,(H,28,31)/b22-17-. The van der Waals surface area contributed by atoms with Crippen LogP contribution in [0.2, 0.25) is 0 Å². The number of amides is 2. The first kappa shape index (κ1) is 26.3. The Morgan fingerprint density at radius 3 is 2.39 bits per heavy atom. The summed E-state index contributed by atoms with van der Waals surface area (Å²) >= 11 is 4.47. The molecule has 0 saturated heterocycles. The summed E-state index contributed by atoms with van der Waals surface area (Å²) in [5.74, 6) is 0.646. The number of hydrogen-bond donors (Lipinski definition) is 3. The summed E-state index contributed by atoms with van der Waals surface area (Å²) < 4.78 is 5.49. The normalized spacial score (nSPS) is 12.3. The van der Waals surface area contributed by atoms with Crippen molar-refractivity contribution in [1.82, 2.24) is 10.2 Å². The van der Waals surface area contributed by atoms with E-state index in [1.54, 1.807) is 17.4 Å². The molecule has 33 heavy (non-hydrogen) atoms. The van der Waals surface area contributed by atoms with E-state index in [0.717, 1.165) is 23.2 Å². The second-order valence-corrected chi connectivity index (χ2v) is 8.47. The lowest BCUT2D eigenvalue weighted by atomic mass is 9.95. The minimum atomic E-state index is -0.869. The summed E-state index contributed by atoms with van der Waals surface area (Å²) in [4.78, 5) is 28.0. The summed E-state index contributed by atoms with van der Waals surface area (Å²) in [7, 11) is 3.42. The molecule has 0 aliphatic heterocycles. The first-order valence-electron chi connectivity index (χ1n) is 11.1. The molecule has 0 heterocycles. The Morgan fingerprint density at radius 2 is 1.79 bits per heavy atom. The molecule has 0 aliphatic carbocycles. The minimum Gasteiger partial charge on any atom is -0.496 e. The highest BCUT2D eigenvalue weighted by Crippen LogP contribution is 2.31. The maximum atomic E-state index is 13.6. The largest absolute Gasteiger partial charge is 0.496 e. The van der Waals surface area contributed by atoms with Gasteiger partial charge in [0.2, 0.25) is 11.8 Å². The molecule has 2 aromatic carbocycles. The molecule has 2 rings (SSSR count). The Morgan fingerprint density at radius 1 is 1.12 bits per heavy atom. The lowest BCUT2D eigenvalue weighted by molar-refractivity contribution is -0.137. The maximum Gasteiger partial charge on any atom is 0.247 e. The van der Waals surface area contributed by atoms with E-state index in [9.17, 15) is 9.59 Å². The maximum absolute atomic E-state index is 13.6. The zero-order valence-electron chi connectivity index (χ0n) is 20.1. The molecular formula is C26H35N3O3S. The molecule has 0 bridgehead atoms. The van der Waals surface area contributed by atoms with Crippen molar-refractivity contribution in [2.24, 2.45) is 5.92 Å². The quantitative estimate of drug-likeness (QED) is 0.421. The Labute approximate surface area is 202 Å². The summed E-state index contributed by atoms with van der Waals surface area (Å²) in [6, 6.07) is 14.3. The molecule has 2 aromatic rings. The number of benzene rings is 2. The van der Waals surface area contributed by atoms with Gasteiger partial charge in [0.15, 0.2) is 0 Å². The highest BCUT2D eigenvalue weighted by Gasteiger charge is 2.33. The van der Waals surface area contributed by atoms with Crippen molar-refractivity contribution < 1.29 is 14.3 Å². The Kier molecular flexibility index (Phi) is 10.3. The van der Waals surface area contributed by atoms with Crippen LogP contribution in [0.4, 0.5) is 5.69 Å². The number of carbonyl (C=O) groups excluding carboxylic acids is 2. The van der Waals surface area contributed by atoms with Crippen LogP contribution in [-0.2, 0) is 16.1 Å². The highest BCUT2D eigenvalue weighted by atomic mass is 32.1. The average molecular weight is 470 g/mol. The topological polar surface area (TPSA) is 70.7 Å². The van der Waals surface area contributed by atoms with E-state index in [2.05, 4.69) is 37.1 Å². The van der Waals surface area contributed by atoms with Crippen molar-refractivity contribution in [3.05, 3.63) is 65.1 Å². The molecule has 2 amide bonds. The van der Waals surface area contributed by atoms with E-state index in [4.69, 9.17) is 4.74 Å². The van der Waals surface area contributed by atoms with Gasteiger partial charge in [-0.1, -0.05) is 50.2 Å². The Bertz CT molecular complexity index is 975. The molecule has 7 heteroatoms. The van der Waals surface area contributed by atoms with Gasteiger partial charge < -0.3 is 20.3 Å². The van der Waals surface area contributed by atoms with Gasteiger partial charge in [0.25, 0.3) is 0 Å². The first-order valence-corrected chi connectivity index (χ1v) is 11.6. The predicted octanol–water partition coefficient (Wildman–Crippen LogP) is 4.59. The van der Waals surface area contributed by atoms with Crippen LogP contribution in [-0.4, -0.2) is 43.5 Å². The second kappa shape index (κ2) is 12.9. The van der Waals surface area contributed by atoms with Crippen LogP contribution in [0.5, 0.6) is 5.75 Å². The second-order valence-electron chi connectivity index (χ2n) is 8.21. The third-order valence-electron chi connectivity index (χ3n) is 5.46. The monoisotopic (exact) mass is 469 g/mol. The lowest BCUT2D eigenvalue weighted by Gasteiger charge is -2.33. The molecule has 178 valence electrons. The minimum absolute atomic E-state index is 0.217. The molecule has 0 saturated carbocycles. The number of ether oxygens (including phenoxy) is 1.